The molecule has 0 atom stereocenters. The van der Waals surface area contributed by atoms with Crippen LogP contribution in [0.2, 0.25) is 0 Å². The maximum absolute atomic E-state index is 12.1. The predicted molar refractivity (Wildman–Crippen MR) is 124 cm³/mol. The van der Waals surface area contributed by atoms with Crippen LogP contribution in [0.15, 0.2) is 41.9 Å². The van der Waals surface area contributed by atoms with Crippen molar-refractivity contribution in [1.82, 2.24) is 4.98 Å². The van der Waals surface area contributed by atoms with Crippen LogP contribution >= 0.6 is 11.3 Å². The van der Waals surface area contributed by atoms with E-state index in [2.05, 4.69) is 42.4 Å². The molecule has 0 amide bonds. The van der Waals surface area contributed by atoms with Crippen molar-refractivity contribution in [1.29, 1.82) is 5.26 Å². The first kappa shape index (κ1) is 22.1. The van der Waals surface area contributed by atoms with Gasteiger partial charge in [-0.3, -0.25) is 4.79 Å². The molecular formula is C24H23N3O3S. The van der Waals surface area contributed by atoms with Gasteiger partial charge in [-0.05, 0) is 44.0 Å². The van der Waals surface area contributed by atoms with E-state index in [1.165, 1.54) is 43.6 Å². The van der Waals surface area contributed by atoms with E-state index in [1.807, 2.05) is 11.4 Å². The van der Waals surface area contributed by atoms with E-state index in [0.717, 1.165) is 11.3 Å². The first-order valence-electron chi connectivity index (χ1n) is 9.55. The largest absolute Gasteiger partial charge is 0.493 e. The lowest BCUT2D eigenvalue weighted by Crippen LogP contribution is -2.03. The molecule has 7 heteroatoms. The van der Waals surface area contributed by atoms with Gasteiger partial charge in [0.1, 0.15) is 16.6 Å². The molecule has 0 aliphatic carbocycles. The molecule has 1 N–H and O–H groups in total. The number of Topliss-reactive ketones (excluding diaryl/α,β-unsaturated/α-hetero) is 1. The van der Waals surface area contributed by atoms with Crippen molar-refractivity contribution in [2.45, 2.75) is 20.8 Å². The van der Waals surface area contributed by atoms with Gasteiger partial charge in [0.25, 0.3) is 0 Å². The summed E-state index contributed by atoms with van der Waals surface area (Å²) in [5, 5.41) is 15.3. The summed E-state index contributed by atoms with van der Waals surface area (Å²) in [6.45, 7) is 5.60. The Morgan fingerprint density at radius 1 is 1.13 bits per heavy atom. The number of nitriles is 1. The number of carbonyl (C=O) groups excluding carboxylic acids is 1. The van der Waals surface area contributed by atoms with Crippen LogP contribution in [0, 0.1) is 25.2 Å². The van der Waals surface area contributed by atoms with Crippen LogP contribution in [0.1, 0.15) is 33.4 Å². The summed E-state index contributed by atoms with van der Waals surface area (Å²) in [6, 6.07) is 11.6. The number of ketones is 1. The number of hydrogen-bond acceptors (Lipinski definition) is 7. The monoisotopic (exact) mass is 433 g/mol. The lowest BCUT2D eigenvalue weighted by Gasteiger charge is -2.13. The average Bonchev–Trinajstić information content (AvgIpc) is 3.25. The van der Waals surface area contributed by atoms with Gasteiger partial charge in [0.15, 0.2) is 17.3 Å². The van der Waals surface area contributed by atoms with Crippen molar-refractivity contribution in [3.05, 3.63) is 63.6 Å². The lowest BCUT2D eigenvalue weighted by molar-refractivity contribution is 0.101. The van der Waals surface area contributed by atoms with E-state index in [9.17, 15) is 10.1 Å². The molecule has 1 heterocycles. The number of aryl methyl sites for hydroxylation is 2. The van der Waals surface area contributed by atoms with Gasteiger partial charge in [-0.1, -0.05) is 12.1 Å². The fraction of sp³-hybridized carbons (Fsp3) is 0.208. The van der Waals surface area contributed by atoms with E-state index >= 15 is 0 Å². The summed E-state index contributed by atoms with van der Waals surface area (Å²) >= 11 is 1.39. The number of nitrogens with one attached hydrogen (secondary N) is 1. The van der Waals surface area contributed by atoms with Crippen molar-refractivity contribution < 1.29 is 14.3 Å². The van der Waals surface area contributed by atoms with E-state index in [1.54, 1.807) is 18.3 Å². The quantitative estimate of drug-likeness (QED) is 0.384. The lowest BCUT2D eigenvalue weighted by atomic mass is 10.1. The molecule has 0 unspecified atom stereocenters. The number of rotatable bonds is 7. The van der Waals surface area contributed by atoms with E-state index in [4.69, 9.17) is 9.47 Å². The summed E-state index contributed by atoms with van der Waals surface area (Å²) in [5.41, 5.74) is 5.55. The SMILES string of the molecule is COc1cc(NC=C(C#N)c2nc(-c3ccc(C)c(C)c3)cs2)c(C(C)=O)cc1OC. The molecule has 0 spiro atoms. The minimum atomic E-state index is -0.137. The minimum absolute atomic E-state index is 0.137. The number of allylic oxidation sites excluding steroid dienone is 1. The maximum Gasteiger partial charge on any atom is 0.162 e. The normalized spacial score (nSPS) is 11.0. The molecule has 2 aromatic carbocycles. The molecule has 0 bridgehead atoms. The Bertz CT molecular complexity index is 1210. The molecule has 0 aliphatic heterocycles. The number of ether oxygens (including phenoxy) is 2. The number of aromatic nitrogens is 1. The fourth-order valence-corrected chi connectivity index (χ4v) is 3.81. The number of benzene rings is 2. The van der Waals surface area contributed by atoms with Crippen LogP contribution in [0.3, 0.4) is 0 Å². The molecule has 0 radical (unpaired) electrons. The molecule has 158 valence electrons. The third-order valence-corrected chi connectivity index (χ3v) is 5.81. The summed E-state index contributed by atoms with van der Waals surface area (Å²) in [7, 11) is 3.04. The van der Waals surface area contributed by atoms with E-state index in [0.29, 0.717) is 33.3 Å². The Balaban J connectivity index is 1.93. The first-order valence-corrected chi connectivity index (χ1v) is 10.4. The van der Waals surface area contributed by atoms with E-state index in [-0.39, 0.29) is 5.78 Å². The zero-order valence-corrected chi connectivity index (χ0v) is 18.9. The molecule has 31 heavy (non-hydrogen) atoms. The number of anilines is 1. The molecule has 3 rings (SSSR count). The maximum atomic E-state index is 12.1. The summed E-state index contributed by atoms with van der Waals surface area (Å²) in [5.74, 6) is 0.801. The highest BCUT2D eigenvalue weighted by Crippen LogP contribution is 2.34. The topological polar surface area (TPSA) is 84.2 Å². The number of carbonyl (C=O) groups is 1. The zero-order valence-electron chi connectivity index (χ0n) is 18.1. The van der Waals surface area contributed by atoms with Crippen molar-refractivity contribution >= 4 is 28.4 Å². The number of hydrogen-bond donors (Lipinski definition) is 1. The van der Waals surface area contributed by atoms with Crippen molar-refractivity contribution in [2.24, 2.45) is 0 Å². The van der Waals surface area contributed by atoms with Crippen LogP contribution in [-0.2, 0) is 0 Å². The Kier molecular flexibility index (Phi) is 6.73. The number of nitrogens with zero attached hydrogens (tertiary/aromatic N) is 2. The Hall–Kier alpha value is -3.63. The molecule has 0 fully saturated rings. The van der Waals surface area contributed by atoms with Gasteiger partial charge in [-0.2, -0.15) is 5.26 Å². The molecule has 1 aromatic heterocycles. The van der Waals surface area contributed by atoms with Gasteiger partial charge in [0.2, 0.25) is 0 Å². The Morgan fingerprint density at radius 3 is 2.45 bits per heavy atom. The minimum Gasteiger partial charge on any atom is -0.493 e. The molecular weight excluding hydrogens is 410 g/mol. The van der Waals surface area contributed by atoms with Crippen LogP contribution in [0.4, 0.5) is 5.69 Å². The second kappa shape index (κ2) is 9.45. The Labute approximate surface area is 185 Å². The van der Waals surface area contributed by atoms with Crippen LogP contribution in [0.25, 0.3) is 16.8 Å². The van der Waals surface area contributed by atoms with E-state index < -0.39 is 0 Å². The highest BCUT2D eigenvalue weighted by atomic mass is 32.1. The fourth-order valence-electron chi connectivity index (χ4n) is 3.01. The van der Waals surface area contributed by atoms with Gasteiger partial charge >= 0.3 is 0 Å². The molecule has 0 saturated carbocycles. The van der Waals surface area contributed by atoms with Crippen molar-refractivity contribution in [2.75, 3.05) is 19.5 Å². The third-order valence-electron chi connectivity index (χ3n) is 4.93. The summed E-state index contributed by atoms with van der Waals surface area (Å²) in [4.78, 5) is 16.7. The number of thiazole rings is 1. The smallest absolute Gasteiger partial charge is 0.162 e. The highest BCUT2D eigenvalue weighted by Gasteiger charge is 2.15. The van der Waals surface area contributed by atoms with Crippen LogP contribution in [-0.4, -0.2) is 25.0 Å². The standard InChI is InChI=1S/C24H23N3O3S/c1-14-6-7-17(8-15(14)2)21-13-31-24(27-21)18(11-25)12-26-20-10-23(30-5)22(29-4)9-19(20)16(3)28/h6-10,12-13,26H,1-5H3. The number of methoxy groups -OCH3 is 2. The summed E-state index contributed by atoms with van der Waals surface area (Å²) < 4.78 is 10.6. The molecule has 0 aliphatic rings. The molecule has 3 aromatic rings. The Morgan fingerprint density at radius 2 is 1.84 bits per heavy atom. The van der Waals surface area contributed by atoms with Gasteiger partial charge in [0, 0.05) is 28.8 Å². The predicted octanol–water partition coefficient (Wildman–Crippen LogP) is 5.62. The third kappa shape index (κ3) is 4.76. The zero-order chi connectivity index (χ0) is 22.5. The van der Waals surface area contributed by atoms with Crippen molar-refractivity contribution in [3.8, 4) is 28.8 Å². The second-order valence-corrected chi connectivity index (χ2v) is 7.82. The van der Waals surface area contributed by atoms with Gasteiger partial charge in [-0.15, -0.1) is 11.3 Å². The molecule has 6 nitrogen and oxygen atoms in total. The van der Waals surface area contributed by atoms with Gasteiger partial charge in [-0.25, -0.2) is 4.98 Å². The average molecular weight is 434 g/mol. The van der Waals surface area contributed by atoms with Crippen molar-refractivity contribution in [3.63, 3.8) is 0 Å². The second-order valence-electron chi connectivity index (χ2n) is 6.96. The van der Waals surface area contributed by atoms with Gasteiger partial charge in [0.05, 0.1) is 25.6 Å². The summed E-state index contributed by atoms with van der Waals surface area (Å²) in [6.07, 6.45) is 1.55. The first-order chi connectivity index (χ1) is 14.9. The van der Waals surface area contributed by atoms with Gasteiger partial charge < -0.3 is 14.8 Å². The van der Waals surface area contributed by atoms with Crippen LogP contribution in [0.5, 0.6) is 11.5 Å². The van der Waals surface area contributed by atoms with Crippen LogP contribution < -0.4 is 14.8 Å². The highest BCUT2D eigenvalue weighted by molar-refractivity contribution is 7.11. The molecule has 0 saturated heterocycles.